The Hall–Kier alpha value is -3.19. The molecule has 4 saturated carbocycles. The number of carbonyl (C=O) groups excluding carboxylic acids is 1. The van der Waals surface area contributed by atoms with Crippen LogP contribution in [-0.4, -0.2) is 33.3 Å². The van der Waals surface area contributed by atoms with Crippen LogP contribution in [0.2, 0.25) is 0 Å². The molecule has 2 aromatic carbocycles. The molecule has 3 N–H and O–H groups in total. The fourth-order valence-corrected chi connectivity index (χ4v) is 8.53. The van der Waals surface area contributed by atoms with Gasteiger partial charge in [0, 0.05) is 23.4 Å². The van der Waals surface area contributed by atoms with Crippen molar-refractivity contribution in [1.82, 2.24) is 14.9 Å². The van der Waals surface area contributed by atoms with Gasteiger partial charge in [-0.15, -0.1) is 0 Å². The fourth-order valence-electron chi connectivity index (χ4n) is 8.53. The molecule has 1 aliphatic heterocycles. The average Bonchev–Trinajstić information content (AvgIpc) is 3.47. The first-order chi connectivity index (χ1) is 18.0. The van der Waals surface area contributed by atoms with Crippen molar-refractivity contribution in [2.45, 2.75) is 50.7 Å². The number of para-hydroxylation sites is 1. The molecule has 3 aromatic rings. The Morgan fingerprint density at radius 1 is 1.11 bits per heavy atom. The molecule has 6 nitrogen and oxygen atoms in total. The SMILES string of the molecule is O=C(NCC1C2CC3CC1CC(C(O)CC1c4c(F)cccc4-c4cncn41)(C3)C2)Nc1ccccc1. The van der Waals surface area contributed by atoms with Crippen molar-refractivity contribution in [3.05, 3.63) is 72.4 Å². The van der Waals surface area contributed by atoms with Crippen molar-refractivity contribution in [3.8, 4) is 11.3 Å². The first-order valence-corrected chi connectivity index (χ1v) is 13.6. The lowest BCUT2D eigenvalue weighted by molar-refractivity contribution is -0.149. The van der Waals surface area contributed by atoms with Gasteiger partial charge >= 0.3 is 6.03 Å². The number of aliphatic hydroxyl groups excluding tert-OH is 1. The number of urea groups is 1. The van der Waals surface area contributed by atoms with Gasteiger partial charge in [0.1, 0.15) is 5.82 Å². The number of rotatable bonds is 6. The number of aromatic nitrogens is 2. The highest BCUT2D eigenvalue weighted by Crippen LogP contribution is 2.64. The Balaban J connectivity index is 1.06. The largest absolute Gasteiger partial charge is 0.392 e. The Morgan fingerprint density at radius 3 is 2.68 bits per heavy atom. The highest BCUT2D eigenvalue weighted by Gasteiger charge is 2.58. The summed E-state index contributed by atoms with van der Waals surface area (Å²) in [5.41, 5.74) is 3.18. The van der Waals surface area contributed by atoms with Gasteiger partial charge in [-0.3, -0.25) is 0 Å². The van der Waals surface area contributed by atoms with E-state index in [1.807, 2.05) is 41.0 Å². The molecule has 2 heterocycles. The normalized spacial score (nSPS) is 31.6. The topological polar surface area (TPSA) is 79.2 Å². The van der Waals surface area contributed by atoms with E-state index in [-0.39, 0.29) is 23.3 Å². The van der Waals surface area contributed by atoms with E-state index in [1.165, 1.54) is 18.9 Å². The number of hydrogen-bond acceptors (Lipinski definition) is 3. The van der Waals surface area contributed by atoms with Crippen molar-refractivity contribution in [2.75, 3.05) is 11.9 Å². The van der Waals surface area contributed by atoms with Crippen LogP contribution in [-0.2, 0) is 0 Å². The molecule has 4 unspecified atom stereocenters. The third-order valence-corrected chi connectivity index (χ3v) is 9.86. The van der Waals surface area contributed by atoms with Gasteiger partial charge in [-0.25, -0.2) is 14.2 Å². The van der Waals surface area contributed by atoms with Gasteiger partial charge in [-0.05, 0) is 85.8 Å². The molecule has 0 radical (unpaired) electrons. The highest BCUT2D eigenvalue weighted by molar-refractivity contribution is 5.89. The first-order valence-electron chi connectivity index (χ1n) is 13.6. The molecule has 0 spiro atoms. The van der Waals surface area contributed by atoms with Gasteiger partial charge in [-0.2, -0.15) is 0 Å². The summed E-state index contributed by atoms with van der Waals surface area (Å²) < 4.78 is 17.0. The maximum absolute atomic E-state index is 15.0. The number of halogens is 1. The third-order valence-electron chi connectivity index (χ3n) is 9.86. The Morgan fingerprint density at radius 2 is 1.89 bits per heavy atom. The smallest absolute Gasteiger partial charge is 0.319 e. The number of amides is 2. The lowest BCUT2D eigenvalue weighted by Gasteiger charge is -2.61. The highest BCUT2D eigenvalue weighted by atomic mass is 19.1. The second kappa shape index (κ2) is 8.69. The number of nitrogens with zero attached hydrogens (tertiary/aromatic N) is 2. The second-order valence-corrected chi connectivity index (χ2v) is 11.9. The van der Waals surface area contributed by atoms with E-state index >= 15 is 0 Å². The number of imidazole rings is 1. The average molecular weight is 501 g/mol. The van der Waals surface area contributed by atoms with Crippen LogP contribution in [0.3, 0.4) is 0 Å². The van der Waals surface area contributed by atoms with Crippen LogP contribution in [0, 0.1) is 34.9 Å². The molecule has 2 amide bonds. The van der Waals surface area contributed by atoms with Gasteiger partial charge in [0.05, 0.1) is 30.4 Å². The van der Waals surface area contributed by atoms with E-state index in [1.54, 1.807) is 18.6 Å². The first kappa shape index (κ1) is 23.0. The third kappa shape index (κ3) is 3.78. The molecule has 7 heteroatoms. The van der Waals surface area contributed by atoms with Crippen molar-refractivity contribution < 1.29 is 14.3 Å². The lowest BCUT2D eigenvalue weighted by Crippen LogP contribution is -2.57. The molecule has 4 aliphatic carbocycles. The predicted octanol–water partition coefficient (Wildman–Crippen LogP) is 5.61. The summed E-state index contributed by atoms with van der Waals surface area (Å²) in [6.07, 6.45) is 8.98. The van der Waals surface area contributed by atoms with E-state index in [2.05, 4.69) is 15.6 Å². The minimum absolute atomic E-state index is 0.117. The van der Waals surface area contributed by atoms with Gasteiger partial charge in [0.2, 0.25) is 0 Å². The minimum Gasteiger partial charge on any atom is -0.392 e. The molecule has 8 rings (SSSR count). The summed E-state index contributed by atoms with van der Waals surface area (Å²) in [5, 5.41) is 17.8. The van der Waals surface area contributed by atoms with Crippen LogP contribution in [0.25, 0.3) is 11.3 Å². The lowest BCUT2D eigenvalue weighted by atomic mass is 9.44. The number of anilines is 1. The maximum Gasteiger partial charge on any atom is 0.319 e. The minimum atomic E-state index is -0.498. The zero-order valence-corrected chi connectivity index (χ0v) is 20.8. The summed E-state index contributed by atoms with van der Waals surface area (Å²) in [5.74, 6) is 1.90. The Kier molecular flexibility index (Phi) is 5.39. The van der Waals surface area contributed by atoms with Crippen LogP contribution in [0.15, 0.2) is 61.1 Å². The van der Waals surface area contributed by atoms with Gasteiger partial charge in [-0.1, -0.05) is 30.3 Å². The van der Waals surface area contributed by atoms with E-state index < -0.39 is 6.10 Å². The number of hydrogen-bond donors (Lipinski definition) is 3. The summed E-state index contributed by atoms with van der Waals surface area (Å²) in [6.45, 7) is 0.673. The number of carbonyl (C=O) groups is 1. The molecule has 5 aliphatic rings. The molecule has 4 fully saturated rings. The van der Waals surface area contributed by atoms with E-state index in [9.17, 15) is 14.3 Å². The molecular formula is C30H33FN4O2. The Labute approximate surface area is 216 Å². The van der Waals surface area contributed by atoms with Crippen LogP contribution in [0.5, 0.6) is 0 Å². The van der Waals surface area contributed by atoms with Gasteiger partial charge < -0.3 is 20.3 Å². The standard InChI is InChI=1S/C30H33FN4O2/c31-24-8-4-7-22-26-16-32-17-35(26)25(28(22)24)11-27(36)30-12-18-9-19(13-30)23(20(10-18)14-30)15-33-29(37)34-21-5-2-1-3-6-21/h1-8,16-20,23,25,27,36H,9-15H2,(H2,33,34,37). The van der Waals surface area contributed by atoms with Crippen LogP contribution in [0.4, 0.5) is 14.9 Å². The van der Waals surface area contributed by atoms with Crippen molar-refractivity contribution in [1.29, 1.82) is 0 Å². The summed E-state index contributed by atoms with van der Waals surface area (Å²) >= 11 is 0. The van der Waals surface area contributed by atoms with E-state index in [0.29, 0.717) is 42.2 Å². The molecule has 192 valence electrons. The quantitative estimate of drug-likeness (QED) is 0.412. The van der Waals surface area contributed by atoms with E-state index in [4.69, 9.17) is 0 Å². The number of benzene rings is 2. The molecule has 4 bridgehead atoms. The molecule has 0 saturated heterocycles. The monoisotopic (exact) mass is 500 g/mol. The number of fused-ring (bicyclic) bond motifs is 3. The molecule has 37 heavy (non-hydrogen) atoms. The van der Waals surface area contributed by atoms with Crippen molar-refractivity contribution in [2.24, 2.45) is 29.1 Å². The zero-order valence-electron chi connectivity index (χ0n) is 20.8. The van der Waals surface area contributed by atoms with Crippen molar-refractivity contribution >= 4 is 11.7 Å². The Bertz CT molecular complexity index is 1310. The molecule has 4 atom stereocenters. The van der Waals surface area contributed by atoms with Gasteiger partial charge in [0.15, 0.2) is 0 Å². The zero-order chi connectivity index (χ0) is 25.1. The molecule has 1 aromatic heterocycles. The summed E-state index contributed by atoms with van der Waals surface area (Å²) in [4.78, 5) is 16.8. The predicted molar refractivity (Wildman–Crippen MR) is 139 cm³/mol. The second-order valence-electron chi connectivity index (χ2n) is 11.9. The van der Waals surface area contributed by atoms with E-state index in [0.717, 1.165) is 36.2 Å². The number of aliphatic hydroxyl groups is 1. The van der Waals surface area contributed by atoms with Gasteiger partial charge in [0.25, 0.3) is 0 Å². The van der Waals surface area contributed by atoms with Crippen LogP contribution >= 0.6 is 0 Å². The van der Waals surface area contributed by atoms with Crippen LogP contribution < -0.4 is 10.6 Å². The summed E-state index contributed by atoms with van der Waals surface area (Å²) in [6, 6.07) is 14.3. The van der Waals surface area contributed by atoms with Crippen LogP contribution in [0.1, 0.15) is 50.1 Å². The fraction of sp³-hybridized carbons (Fsp3) is 0.467. The maximum atomic E-state index is 15.0. The number of nitrogens with one attached hydrogen (secondary N) is 2. The molecular weight excluding hydrogens is 467 g/mol. The summed E-state index contributed by atoms with van der Waals surface area (Å²) in [7, 11) is 0. The van der Waals surface area contributed by atoms with Crippen molar-refractivity contribution in [3.63, 3.8) is 0 Å².